The number of unbranched alkanes of at least 4 members (excludes halogenated alkanes) is 3. The van der Waals surface area contributed by atoms with E-state index in [1.54, 1.807) is 66.9 Å². The van der Waals surface area contributed by atoms with E-state index in [0.29, 0.717) is 140 Å². The Labute approximate surface area is 859 Å². The third-order valence-corrected chi connectivity index (χ3v) is 22.5. The van der Waals surface area contributed by atoms with Crippen LogP contribution in [-0.4, -0.2) is 438 Å². The van der Waals surface area contributed by atoms with Gasteiger partial charge in [0.05, 0.1) is 191 Å². The highest BCUT2D eigenvalue weighted by atomic mass is 127. The monoisotopic (exact) mass is 2180 g/mol. The number of urea groups is 2. The number of nitrogens with zero attached hydrogens (tertiary/aromatic N) is 7. The van der Waals surface area contributed by atoms with Crippen LogP contribution in [0.2, 0.25) is 0 Å². The summed E-state index contributed by atoms with van der Waals surface area (Å²) in [5, 5.41) is 112. The van der Waals surface area contributed by atoms with Gasteiger partial charge >= 0.3 is 59.8 Å². The van der Waals surface area contributed by atoms with E-state index in [2.05, 4.69) is 86.1 Å². The number of carboxylic acids is 8. The van der Waals surface area contributed by atoms with E-state index in [4.69, 9.17) is 69.4 Å². The van der Waals surface area contributed by atoms with Gasteiger partial charge in [0.25, 0.3) is 0 Å². The number of carbonyl (C=O) groups excluding carboxylic acids is 6. The first-order chi connectivity index (χ1) is 69.9. The number of anilines is 2. The van der Waals surface area contributed by atoms with Crippen molar-refractivity contribution in [2.45, 2.75) is 133 Å². The Hall–Kier alpha value is -11.2. The van der Waals surface area contributed by atoms with Crippen LogP contribution in [0, 0.1) is 3.57 Å². The van der Waals surface area contributed by atoms with E-state index < -0.39 is 134 Å². The smallest absolute Gasteiger partial charge is 0.326 e. The van der Waals surface area contributed by atoms with Gasteiger partial charge in [0.2, 0.25) is 23.6 Å². The van der Waals surface area contributed by atoms with Crippen molar-refractivity contribution in [1.29, 1.82) is 0 Å². The molecule has 3 aromatic carbocycles. The fourth-order valence-corrected chi connectivity index (χ4v) is 14.7. The molecule has 0 aliphatic carbocycles. The maximum absolute atomic E-state index is 13.7. The number of rotatable bonds is 80. The number of thiocarbonyl (C=S) groups is 1. The molecule has 52 heteroatoms. The number of aliphatic carboxylic acids is 8. The number of aromatic nitrogens is 3. The van der Waals surface area contributed by atoms with Crippen molar-refractivity contribution in [2.24, 2.45) is 0 Å². The van der Waals surface area contributed by atoms with Crippen LogP contribution in [-0.2, 0) is 129 Å². The van der Waals surface area contributed by atoms with Crippen LogP contribution >= 0.6 is 34.8 Å². The number of halogens is 1. The highest BCUT2D eigenvalue weighted by Gasteiger charge is 2.31. The molecule has 50 nitrogen and oxygen atoms in total. The molecule has 2 unspecified atom stereocenters. The summed E-state index contributed by atoms with van der Waals surface area (Å²) < 4.78 is 64.3. The van der Waals surface area contributed by atoms with Gasteiger partial charge < -0.3 is 146 Å². The minimum absolute atomic E-state index is 0.0112. The van der Waals surface area contributed by atoms with Crippen LogP contribution in [0.15, 0.2) is 79.0 Å². The van der Waals surface area contributed by atoms with E-state index >= 15 is 0 Å². The second-order valence-electron chi connectivity index (χ2n) is 33.2. The Bertz CT molecular complexity index is 4500. The van der Waals surface area contributed by atoms with E-state index in [9.17, 15) is 103 Å². The Morgan fingerprint density at radius 3 is 1.31 bits per heavy atom. The van der Waals surface area contributed by atoms with E-state index in [1.807, 2.05) is 36.4 Å². The molecule has 1 aromatic heterocycles. The molecule has 1 fully saturated rings. The van der Waals surface area contributed by atoms with Gasteiger partial charge in [0.1, 0.15) is 29.9 Å². The molecule has 145 heavy (non-hydrogen) atoms. The zero-order chi connectivity index (χ0) is 105. The van der Waals surface area contributed by atoms with Crippen LogP contribution in [0.25, 0.3) is 11.3 Å². The Morgan fingerprint density at radius 2 is 0.814 bits per heavy atom. The minimum atomic E-state index is -1.54. The summed E-state index contributed by atoms with van der Waals surface area (Å²) in [5.74, 6) is -11.1. The Morgan fingerprint density at radius 1 is 0.386 bits per heavy atom. The molecular formula is C93H142IN17O33S. The molecule has 4 aromatic rings. The maximum atomic E-state index is 13.7. The first-order valence-corrected chi connectivity index (χ1v) is 49.5. The molecule has 1 aliphatic rings. The van der Waals surface area contributed by atoms with Gasteiger partial charge in [-0.2, -0.15) is 0 Å². The van der Waals surface area contributed by atoms with Crippen LogP contribution < -0.4 is 53.2 Å². The molecule has 5 atom stereocenters. The standard InChI is InChI=1S/C93H142IN17O33S/c94-70-17-13-68(14-18-70)59-81(114)95-25-4-2-11-75(88(126)127)102-80(113)24-37-135-41-45-139-48-50-141-52-54-143-56-57-144-55-53-142-51-49-140-46-42-136-38-28-96-87(125)74(10-1-6-27-98-93(145)100-71-19-15-67(16-20-71)58-73-61-109(65-85(121)122)32-31-107(63-83(117)118)29-30-108(64-84(119)120)33-34-110(73)66-86(123)124)101-79(112)23-36-134-40-44-138-47-43-137-39-35-111-62-78(105-106-111)69-8-7-9-72(60-69)99-91(132)97-26-5-3-12-76(89(128)129)103-92(133)104-77(90(130)131)21-22-82(115)116/h7-9,13-20,60,62,73-77H,1-6,10-12,21-59,61,63-66H2,(H,95,114)(H,96,125)(H,101,112)(H,102,113)(H,115,116)(H,117,118)(H,119,120)(H,121,122)(H,123,124)(H,126,127)(H,128,129)(H,130,131)(H2,97,99,132)(H2,98,100,145)(H2,103,104,133)/t73?,74-,75?,76-,77-/m0/s1. The number of hydrogen-bond acceptors (Lipinski definition) is 32. The number of amides is 8. The number of hydrogen-bond donors (Lipinski definition) is 18. The van der Waals surface area contributed by atoms with Gasteiger partial charge in [-0.1, -0.05) is 41.6 Å². The quantitative estimate of drug-likeness (QED) is 0.0168. The molecule has 1 saturated heterocycles. The predicted octanol–water partition coefficient (Wildman–Crippen LogP) is 1.20. The van der Waals surface area contributed by atoms with Crippen molar-refractivity contribution in [3.8, 4) is 11.3 Å². The summed E-state index contributed by atoms with van der Waals surface area (Å²) in [6.45, 7) is 6.72. The number of nitrogens with one attached hydrogen (secondary N) is 10. The molecule has 0 radical (unpaired) electrons. The van der Waals surface area contributed by atoms with Crippen molar-refractivity contribution >= 4 is 135 Å². The third-order valence-electron chi connectivity index (χ3n) is 21.6. The van der Waals surface area contributed by atoms with Gasteiger partial charge in [-0.25, -0.2) is 28.7 Å². The Kier molecular flexibility index (Phi) is 65.5. The molecular weight excluding hydrogens is 2040 g/mol. The molecule has 0 bridgehead atoms. The maximum Gasteiger partial charge on any atom is 0.326 e. The van der Waals surface area contributed by atoms with Gasteiger partial charge in [-0.05, 0) is 153 Å². The lowest BCUT2D eigenvalue weighted by atomic mass is 10.0. The van der Waals surface area contributed by atoms with Gasteiger partial charge in [-0.15, -0.1) is 5.10 Å². The zero-order valence-corrected chi connectivity index (χ0v) is 84.5. The first kappa shape index (κ1) is 124. The molecule has 2 heterocycles. The number of carbonyl (C=O) groups is 14. The second-order valence-corrected chi connectivity index (χ2v) is 34.8. The fraction of sp³-hybridized carbons (Fsp3) is 0.624. The van der Waals surface area contributed by atoms with Gasteiger partial charge in [0, 0.05) is 118 Å². The lowest BCUT2D eigenvalue weighted by Crippen LogP contribution is -2.53. The average Bonchev–Trinajstić information content (AvgIpc) is 1.77. The predicted molar refractivity (Wildman–Crippen MR) is 534 cm³/mol. The third kappa shape index (κ3) is 61.8. The van der Waals surface area contributed by atoms with Crippen LogP contribution in [0.1, 0.15) is 94.6 Å². The van der Waals surface area contributed by atoms with E-state index in [1.165, 1.54) is 0 Å². The highest BCUT2D eigenvalue weighted by Crippen LogP contribution is 2.22. The minimum Gasteiger partial charge on any atom is -0.481 e. The Balaban J connectivity index is 0.954. The summed E-state index contributed by atoms with van der Waals surface area (Å²) >= 11 is 7.83. The molecule has 1 aliphatic heterocycles. The summed E-state index contributed by atoms with van der Waals surface area (Å²) in [6.07, 6.45) is 4.33. The van der Waals surface area contributed by atoms with E-state index in [-0.39, 0.29) is 214 Å². The largest absolute Gasteiger partial charge is 0.481 e. The van der Waals surface area contributed by atoms with Gasteiger partial charge in [-0.3, -0.25) is 62.8 Å². The summed E-state index contributed by atoms with van der Waals surface area (Å²) in [5.41, 5.74) is 3.91. The van der Waals surface area contributed by atoms with Crippen molar-refractivity contribution in [1.82, 2.24) is 77.1 Å². The molecule has 8 amide bonds. The molecule has 5 rings (SSSR count). The van der Waals surface area contributed by atoms with Crippen molar-refractivity contribution in [2.75, 3.05) is 254 Å². The van der Waals surface area contributed by atoms with Crippen LogP contribution in [0.4, 0.5) is 21.0 Å². The zero-order valence-electron chi connectivity index (χ0n) is 81.6. The lowest BCUT2D eigenvalue weighted by Gasteiger charge is -2.37. The number of benzene rings is 3. The first-order valence-electron chi connectivity index (χ1n) is 48.0. The summed E-state index contributed by atoms with van der Waals surface area (Å²) in [6, 6.07) is 14.6. The van der Waals surface area contributed by atoms with Crippen LogP contribution in [0.3, 0.4) is 0 Å². The summed E-state index contributed by atoms with van der Waals surface area (Å²) in [4.78, 5) is 177. The molecule has 0 spiro atoms. The topological polar surface area (TPSA) is 666 Å². The van der Waals surface area contributed by atoms with Crippen molar-refractivity contribution < 1.29 is 160 Å². The highest BCUT2D eigenvalue weighted by molar-refractivity contribution is 14.1. The molecule has 0 saturated carbocycles. The summed E-state index contributed by atoms with van der Waals surface area (Å²) in [7, 11) is 0. The fourth-order valence-electron chi connectivity index (χ4n) is 14.1. The van der Waals surface area contributed by atoms with Crippen molar-refractivity contribution in [3.63, 3.8) is 0 Å². The number of carboxylic acid groups (broad SMARTS) is 8. The van der Waals surface area contributed by atoms with Crippen LogP contribution in [0.5, 0.6) is 0 Å². The normalized spacial score (nSPS) is 14.2. The average molecular weight is 2190 g/mol. The SMILES string of the molecule is O=C(O)CC[C@H](NC(=O)N[C@@H](CCCCNC(=O)Nc1cccc(-c2cn(CCOCCOCCOCCC(=O)N[C@@H](CCCCNC(=S)Nc3ccc(CC4CN(CC(=O)O)CCN(CC(=O)O)CCN(CC(=O)O)CCN4CC(=O)O)cc3)C(=O)NCCOCCOCCOCCOCCOCCOCCOCCOCCC(=O)NC(CCCCNC(=O)Cc3ccc(I)cc3)C(=O)O)nn2)c1)C(=O)O)C(=O)O. The van der Waals surface area contributed by atoms with Gasteiger partial charge in [0.15, 0.2) is 5.11 Å². The molecule has 18 N–H and O–H groups in total. The lowest BCUT2D eigenvalue weighted by molar-refractivity contribution is -0.142. The van der Waals surface area contributed by atoms with Crippen molar-refractivity contribution in [3.05, 3.63) is 93.7 Å². The second kappa shape index (κ2) is 76.4. The molecule has 810 valence electrons. The van der Waals surface area contributed by atoms with E-state index in [0.717, 1.165) is 14.7 Å². The number of ether oxygens (including phenoxy) is 11.